The number of nitrogens with two attached hydrogens (primary N) is 1. The molecule has 0 fully saturated rings. The van der Waals surface area contributed by atoms with Gasteiger partial charge in [-0.15, -0.1) is 11.3 Å². The van der Waals surface area contributed by atoms with E-state index in [0.29, 0.717) is 15.6 Å². The standard InChI is InChI=1S/C11H12N2O2S2/c1-7-13-10(11(12)16-7)8-3-5-9(6-4-8)17(2,14)15/h3-6H,12H2,1-2H3. The molecule has 0 bridgehead atoms. The Labute approximate surface area is 104 Å². The molecule has 1 aromatic heterocycles. The lowest BCUT2D eigenvalue weighted by atomic mass is 10.2. The Kier molecular flexibility index (Phi) is 2.92. The maximum atomic E-state index is 11.3. The Morgan fingerprint density at radius 3 is 2.24 bits per heavy atom. The molecule has 90 valence electrons. The number of anilines is 1. The van der Waals surface area contributed by atoms with Crippen LogP contribution in [0.5, 0.6) is 0 Å². The normalized spacial score (nSPS) is 11.6. The van der Waals surface area contributed by atoms with E-state index in [4.69, 9.17) is 5.73 Å². The number of aryl methyl sites for hydroxylation is 1. The summed E-state index contributed by atoms with van der Waals surface area (Å²) in [7, 11) is -3.16. The number of rotatable bonds is 2. The van der Waals surface area contributed by atoms with E-state index in [9.17, 15) is 8.42 Å². The van der Waals surface area contributed by atoms with Crippen molar-refractivity contribution in [1.29, 1.82) is 0 Å². The first-order chi connectivity index (χ1) is 7.88. The Balaban J connectivity index is 2.46. The Hall–Kier alpha value is -1.40. The molecule has 0 saturated carbocycles. The van der Waals surface area contributed by atoms with Crippen LogP contribution in [-0.4, -0.2) is 19.7 Å². The number of hydrogen-bond donors (Lipinski definition) is 1. The van der Waals surface area contributed by atoms with Gasteiger partial charge in [-0.25, -0.2) is 13.4 Å². The molecule has 0 aliphatic carbocycles. The smallest absolute Gasteiger partial charge is 0.175 e. The highest BCUT2D eigenvalue weighted by atomic mass is 32.2. The third-order valence-electron chi connectivity index (χ3n) is 2.32. The summed E-state index contributed by atoms with van der Waals surface area (Å²) in [4.78, 5) is 4.61. The molecular formula is C11H12N2O2S2. The monoisotopic (exact) mass is 268 g/mol. The second-order valence-electron chi connectivity index (χ2n) is 3.74. The van der Waals surface area contributed by atoms with Crippen LogP contribution in [0.25, 0.3) is 11.3 Å². The van der Waals surface area contributed by atoms with Gasteiger partial charge in [-0.05, 0) is 19.1 Å². The SMILES string of the molecule is Cc1nc(-c2ccc(S(C)(=O)=O)cc2)c(N)s1. The van der Waals surface area contributed by atoms with Gasteiger partial charge in [0.1, 0.15) is 10.7 Å². The molecule has 4 nitrogen and oxygen atoms in total. The van der Waals surface area contributed by atoms with Crippen LogP contribution in [0.4, 0.5) is 5.00 Å². The van der Waals surface area contributed by atoms with Crippen LogP contribution in [0.2, 0.25) is 0 Å². The van der Waals surface area contributed by atoms with Crippen LogP contribution in [-0.2, 0) is 9.84 Å². The van der Waals surface area contributed by atoms with E-state index in [0.717, 1.165) is 10.6 Å². The summed E-state index contributed by atoms with van der Waals surface area (Å²) < 4.78 is 22.6. The maximum Gasteiger partial charge on any atom is 0.175 e. The molecule has 6 heteroatoms. The molecule has 0 atom stereocenters. The zero-order chi connectivity index (χ0) is 12.6. The summed E-state index contributed by atoms with van der Waals surface area (Å²) in [5.41, 5.74) is 7.38. The van der Waals surface area contributed by atoms with E-state index in [1.54, 1.807) is 24.3 Å². The van der Waals surface area contributed by atoms with Gasteiger partial charge in [0, 0.05) is 11.8 Å². The second-order valence-corrected chi connectivity index (χ2v) is 6.99. The topological polar surface area (TPSA) is 73.0 Å². The van der Waals surface area contributed by atoms with Gasteiger partial charge in [0.2, 0.25) is 0 Å². The van der Waals surface area contributed by atoms with E-state index in [2.05, 4.69) is 4.98 Å². The fourth-order valence-electron chi connectivity index (χ4n) is 1.51. The highest BCUT2D eigenvalue weighted by Gasteiger charge is 2.10. The Morgan fingerprint density at radius 2 is 1.82 bits per heavy atom. The van der Waals surface area contributed by atoms with Gasteiger partial charge in [-0.2, -0.15) is 0 Å². The second kappa shape index (κ2) is 4.12. The van der Waals surface area contributed by atoms with Crippen molar-refractivity contribution in [3.63, 3.8) is 0 Å². The van der Waals surface area contributed by atoms with E-state index >= 15 is 0 Å². The van der Waals surface area contributed by atoms with Gasteiger partial charge in [-0.1, -0.05) is 12.1 Å². The molecule has 1 heterocycles. The first-order valence-electron chi connectivity index (χ1n) is 4.91. The third-order valence-corrected chi connectivity index (χ3v) is 4.24. The van der Waals surface area contributed by atoms with Crippen LogP contribution in [0.1, 0.15) is 5.01 Å². The molecule has 0 spiro atoms. The Morgan fingerprint density at radius 1 is 1.24 bits per heavy atom. The fraction of sp³-hybridized carbons (Fsp3) is 0.182. The van der Waals surface area contributed by atoms with Crippen molar-refractivity contribution in [2.45, 2.75) is 11.8 Å². The number of hydrogen-bond acceptors (Lipinski definition) is 5. The van der Waals surface area contributed by atoms with Crippen LogP contribution < -0.4 is 5.73 Å². The van der Waals surface area contributed by atoms with Gasteiger partial charge in [0.05, 0.1) is 9.90 Å². The first kappa shape index (κ1) is 12.1. The number of aromatic nitrogens is 1. The van der Waals surface area contributed by atoms with Crippen molar-refractivity contribution >= 4 is 26.2 Å². The van der Waals surface area contributed by atoms with Gasteiger partial charge in [0.15, 0.2) is 9.84 Å². The highest BCUT2D eigenvalue weighted by Crippen LogP contribution is 2.30. The van der Waals surface area contributed by atoms with E-state index < -0.39 is 9.84 Å². The van der Waals surface area contributed by atoms with Gasteiger partial charge < -0.3 is 5.73 Å². The van der Waals surface area contributed by atoms with Crippen LogP contribution in [0.3, 0.4) is 0 Å². The van der Waals surface area contributed by atoms with Gasteiger partial charge in [-0.3, -0.25) is 0 Å². The van der Waals surface area contributed by atoms with Crippen LogP contribution in [0.15, 0.2) is 29.2 Å². The minimum absolute atomic E-state index is 0.298. The third kappa shape index (κ3) is 2.48. The van der Waals surface area contributed by atoms with Gasteiger partial charge >= 0.3 is 0 Å². The summed E-state index contributed by atoms with van der Waals surface area (Å²) in [6.07, 6.45) is 1.18. The molecule has 2 N–H and O–H groups in total. The molecule has 0 amide bonds. The molecule has 0 aliphatic heterocycles. The minimum Gasteiger partial charge on any atom is -0.389 e. The molecular weight excluding hydrogens is 256 g/mol. The molecule has 0 unspecified atom stereocenters. The summed E-state index contributed by atoms with van der Waals surface area (Å²) in [6.45, 7) is 1.88. The molecule has 0 saturated heterocycles. The first-order valence-corrected chi connectivity index (χ1v) is 7.62. The van der Waals surface area contributed by atoms with Crippen molar-refractivity contribution in [2.24, 2.45) is 0 Å². The Bertz CT molecular complexity index is 643. The molecule has 17 heavy (non-hydrogen) atoms. The van der Waals surface area contributed by atoms with Crippen LogP contribution >= 0.6 is 11.3 Å². The lowest BCUT2D eigenvalue weighted by molar-refractivity contribution is 0.602. The van der Waals surface area contributed by atoms with E-state index in [1.165, 1.54) is 17.6 Å². The van der Waals surface area contributed by atoms with E-state index in [-0.39, 0.29) is 0 Å². The molecule has 0 radical (unpaired) electrons. The zero-order valence-corrected chi connectivity index (χ0v) is 11.1. The summed E-state index contributed by atoms with van der Waals surface area (Å²) in [6, 6.07) is 6.58. The van der Waals surface area contributed by atoms with Crippen molar-refractivity contribution in [3.8, 4) is 11.3 Å². The molecule has 2 rings (SSSR count). The number of nitrogen functional groups attached to an aromatic ring is 1. The lowest BCUT2D eigenvalue weighted by Gasteiger charge is -2.01. The van der Waals surface area contributed by atoms with Gasteiger partial charge in [0.25, 0.3) is 0 Å². The number of benzene rings is 1. The average Bonchev–Trinajstić information content (AvgIpc) is 2.57. The highest BCUT2D eigenvalue weighted by molar-refractivity contribution is 7.90. The number of nitrogens with zero attached hydrogens (tertiary/aromatic N) is 1. The summed E-state index contributed by atoms with van der Waals surface area (Å²) >= 11 is 1.42. The number of thiazole rings is 1. The lowest BCUT2D eigenvalue weighted by Crippen LogP contribution is -1.96. The van der Waals surface area contributed by atoms with Crippen molar-refractivity contribution in [2.75, 3.05) is 12.0 Å². The predicted octanol–water partition coefficient (Wildman–Crippen LogP) is 2.10. The summed E-state index contributed by atoms with van der Waals surface area (Å²) in [5.74, 6) is 0. The minimum atomic E-state index is -3.16. The predicted molar refractivity (Wildman–Crippen MR) is 69.8 cm³/mol. The molecule has 2 aromatic rings. The summed E-state index contributed by atoms with van der Waals surface area (Å²) in [5, 5.41) is 1.54. The van der Waals surface area contributed by atoms with Crippen molar-refractivity contribution < 1.29 is 8.42 Å². The zero-order valence-electron chi connectivity index (χ0n) is 9.47. The molecule has 0 aliphatic rings. The molecule has 1 aromatic carbocycles. The van der Waals surface area contributed by atoms with E-state index in [1.807, 2.05) is 6.92 Å². The van der Waals surface area contributed by atoms with Crippen molar-refractivity contribution in [1.82, 2.24) is 4.98 Å². The quantitative estimate of drug-likeness (QED) is 0.905. The van der Waals surface area contributed by atoms with Crippen LogP contribution in [0, 0.1) is 6.92 Å². The maximum absolute atomic E-state index is 11.3. The fourth-order valence-corrected chi connectivity index (χ4v) is 2.86. The largest absolute Gasteiger partial charge is 0.389 e. The number of sulfone groups is 1. The average molecular weight is 268 g/mol. The van der Waals surface area contributed by atoms with Crippen molar-refractivity contribution in [3.05, 3.63) is 29.3 Å².